The van der Waals surface area contributed by atoms with Crippen molar-refractivity contribution in [1.82, 2.24) is 14.8 Å². The van der Waals surface area contributed by atoms with E-state index in [1.165, 1.54) is 12.4 Å². The topological polar surface area (TPSA) is 70.7 Å². The van der Waals surface area contributed by atoms with E-state index in [9.17, 15) is 27.5 Å². The van der Waals surface area contributed by atoms with Crippen molar-refractivity contribution < 1.29 is 27.5 Å². The van der Waals surface area contributed by atoms with Crippen molar-refractivity contribution in [2.75, 3.05) is 0 Å². The van der Waals surface area contributed by atoms with Gasteiger partial charge in [0.2, 0.25) is 5.72 Å². The molecule has 1 amide bonds. The lowest BCUT2D eigenvalue weighted by atomic mass is 10.1. The van der Waals surface area contributed by atoms with Crippen LogP contribution in [0.1, 0.15) is 12.0 Å². The molecule has 0 radical (unpaired) electrons. The smallest absolute Gasteiger partial charge is 0.287 e. The molecule has 0 saturated heterocycles. The zero-order chi connectivity index (χ0) is 15.8. The molecule has 10 heteroatoms. The van der Waals surface area contributed by atoms with Gasteiger partial charge in [0.15, 0.2) is 0 Å². The normalized spacial score (nSPS) is 22.3. The van der Waals surface area contributed by atoms with Crippen molar-refractivity contribution in [2.45, 2.75) is 38.5 Å². The SMILES string of the molecule is Cc1cnn(CC(=O)N2N=C(C(F)F)CC2(O)C(F)F)c1. The molecule has 1 unspecified atom stereocenters. The Morgan fingerprint density at radius 2 is 2.14 bits per heavy atom. The van der Waals surface area contributed by atoms with Crippen molar-refractivity contribution in [3.05, 3.63) is 18.0 Å². The summed E-state index contributed by atoms with van der Waals surface area (Å²) in [6.07, 6.45) is -4.75. The van der Waals surface area contributed by atoms with Crippen LogP contribution in [0.2, 0.25) is 0 Å². The van der Waals surface area contributed by atoms with Crippen LogP contribution < -0.4 is 0 Å². The van der Waals surface area contributed by atoms with Crippen molar-refractivity contribution in [3.8, 4) is 0 Å². The molecule has 1 aliphatic heterocycles. The van der Waals surface area contributed by atoms with Crippen molar-refractivity contribution in [2.24, 2.45) is 5.10 Å². The van der Waals surface area contributed by atoms with Crippen LogP contribution in [0.3, 0.4) is 0 Å². The fourth-order valence-corrected chi connectivity index (χ4v) is 1.91. The maximum Gasteiger partial charge on any atom is 0.287 e. The van der Waals surface area contributed by atoms with E-state index in [-0.39, 0.29) is 5.01 Å². The van der Waals surface area contributed by atoms with Crippen LogP contribution in [-0.2, 0) is 11.3 Å². The zero-order valence-electron chi connectivity index (χ0n) is 10.9. The molecule has 0 saturated carbocycles. The number of hydrogen-bond donors (Lipinski definition) is 1. The second-order valence-corrected chi connectivity index (χ2v) is 4.67. The summed E-state index contributed by atoms with van der Waals surface area (Å²) in [4.78, 5) is 11.9. The highest BCUT2D eigenvalue weighted by molar-refractivity contribution is 5.92. The second-order valence-electron chi connectivity index (χ2n) is 4.67. The third-order valence-electron chi connectivity index (χ3n) is 2.93. The summed E-state index contributed by atoms with van der Waals surface area (Å²) in [5.41, 5.74) is -3.28. The minimum atomic E-state index is -3.43. The standard InChI is InChI=1S/C11H12F4N4O2/c1-6-3-16-18(4-6)5-8(20)19-11(21,10(14)15)2-7(17-19)9(12)13/h3-4,9-10,21H,2,5H2,1H3. The largest absolute Gasteiger partial charge is 0.364 e. The van der Waals surface area contributed by atoms with Gasteiger partial charge in [-0.3, -0.25) is 9.48 Å². The molecule has 6 nitrogen and oxygen atoms in total. The molecule has 116 valence electrons. The number of rotatable bonds is 4. The molecule has 0 fully saturated rings. The molecule has 1 atom stereocenters. The van der Waals surface area contributed by atoms with E-state index in [4.69, 9.17) is 0 Å². The van der Waals surface area contributed by atoms with Gasteiger partial charge in [-0.1, -0.05) is 0 Å². The molecule has 1 N–H and O–H groups in total. The van der Waals surface area contributed by atoms with E-state index in [2.05, 4.69) is 10.2 Å². The van der Waals surface area contributed by atoms with Crippen molar-refractivity contribution >= 4 is 11.6 Å². The molecule has 1 aromatic rings. The number of aliphatic hydroxyl groups is 1. The Balaban J connectivity index is 2.23. The number of carbonyl (C=O) groups is 1. The highest BCUT2D eigenvalue weighted by Gasteiger charge is 2.53. The van der Waals surface area contributed by atoms with E-state index in [1.807, 2.05) is 0 Å². The minimum absolute atomic E-state index is 0.0240. The number of nitrogens with zero attached hydrogens (tertiary/aromatic N) is 4. The van der Waals surface area contributed by atoms with E-state index >= 15 is 0 Å². The Hall–Kier alpha value is -1.97. The highest BCUT2D eigenvalue weighted by Crippen LogP contribution is 2.33. The van der Waals surface area contributed by atoms with Crippen LogP contribution in [0.25, 0.3) is 0 Å². The first-order valence-corrected chi connectivity index (χ1v) is 5.92. The van der Waals surface area contributed by atoms with Gasteiger partial charge in [0.25, 0.3) is 18.8 Å². The number of halogens is 4. The molecule has 2 rings (SSSR count). The Morgan fingerprint density at radius 1 is 1.48 bits per heavy atom. The average molecular weight is 308 g/mol. The van der Waals surface area contributed by atoms with Gasteiger partial charge in [-0.2, -0.15) is 15.2 Å². The number of carbonyl (C=O) groups excluding carboxylic acids is 1. The summed E-state index contributed by atoms with van der Waals surface area (Å²) in [5, 5.41) is 16.7. The lowest BCUT2D eigenvalue weighted by Gasteiger charge is -2.29. The van der Waals surface area contributed by atoms with Gasteiger partial charge in [0, 0.05) is 12.6 Å². The zero-order valence-corrected chi connectivity index (χ0v) is 10.9. The molecule has 0 aromatic carbocycles. The lowest BCUT2D eigenvalue weighted by molar-refractivity contribution is -0.192. The first-order valence-electron chi connectivity index (χ1n) is 5.92. The minimum Gasteiger partial charge on any atom is -0.364 e. The fraction of sp³-hybridized carbons (Fsp3) is 0.545. The maximum absolute atomic E-state index is 12.9. The van der Waals surface area contributed by atoms with E-state index in [0.717, 1.165) is 10.2 Å². The van der Waals surface area contributed by atoms with Crippen molar-refractivity contribution in [1.29, 1.82) is 0 Å². The summed E-state index contributed by atoms with van der Waals surface area (Å²) in [7, 11) is 0. The number of amides is 1. The van der Waals surface area contributed by atoms with E-state index in [1.54, 1.807) is 6.92 Å². The summed E-state index contributed by atoms with van der Waals surface area (Å²) >= 11 is 0. The Bertz CT molecular complexity index is 574. The predicted octanol–water partition coefficient (Wildman–Crippen LogP) is 0.999. The van der Waals surface area contributed by atoms with Crippen LogP contribution >= 0.6 is 0 Å². The maximum atomic E-state index is 12.9. The van der Waals surface area contributed by atoms with Crippen LogP contribution in [0.4, 0.5) is 17.6 Å². The van der Waals surface area contributed by atoms with Crippen LogP contribution in [-0.4, -0.2) is 50.1 Å². The molecule has 1 aliphatic rings. The fourth-order valence-electron chi connectivity index (χ4n) is 1.91. The molecular formula is C11H12F4N4O2. The van der Waals surface area contributed by atoms with Gasteiger partial charge < -0.3 is 5.11 Å². The average Bonchev–Trinajstić information content (AvgIpc) is 2.94. The van der Waals surface area contributed by atoms with Gasteiger partial charge in [-0.05, 0) is 12.5 Å². The predicted molar refractivity (Wildman–Crippen MR) is 62.8 cm³/mol. The lowest BCUT2D eigenvalue weighted by Crippen LogP contribution is -2.52. The van der Waals surface area contributed by atoms with E-state index < -0.39 is 43.2 Å². The number of hydrazone groups is 1. The number of aromatic nitrogens is 2. The number of aryl methyl sites for hydroxylation is 1. The van der Waals surface area contributed by atoms with Crippen LogP contribution in [0, 0.1) is 6.92 Å². The monoisotopic (exact) mass is 308 g/mol. The molecule has 0 aliphatic carbocycles. The summed E-state index contributed by atoms with van der Waals surface area (Å²) in [6.45, 7) is 1.20. The van der Waals surface area contributed by atoms with Crippen LogP contribution in [0.5, 0.6) is 0 Å². The van der Waals surface area contributed by atoms with Crippen LogP contribution in [0.15, 0.2) is 17.5 Å². The van der Waals surface area contributed by atoms with Gasteiger partial charge in [0.05, 0.1) is 6.20 Å². The Morgan fingerprint density at radius 3 is 2.62 bits per heavy atom. The van der Waals surface area contributed by atoms with Gasteiger partial charge in [0.1, 0.15) is 12.3 Å². The van der Waals surface area contributed by atoms with Gasteiger partial charge in [-0.15, -0.1) is 0 Å². The summed E-state index contributed by atoms with van der Waals surface area (Å²) in [5.74, 6) is -1.06. The number of hydrogen-bond acceptors (Lipinski definition) is 4. The van der Waals surface area contributed by atoms with E-state index in [0.29, 0.717) is 0 Å². The number of alkyl halides is 4. The van der Waals surface area contributed by atoms with Crippen molar-refractivity contribution in [3.63, 3.8) is 0 Å². The first-order chi connectivity index (χ1) is 9.74. The summed E-state index contributed by atoms with van der Waals surface area (Å²) in [6, 6.07) is 0. The third-order valence-corrected chi connectivity index (χ3v) is 2.93. The second kappa shape index (κ2) is 5.43. The quantitative estimate of drug-likeness (QED) is 0.844. The molecule has 0 spiro atoms. The Labute approximate surface area is 116 Å². The third kappa shape index (κ3) is 2.89. The first kappa shape index (κ1) is 15.4. The molecule has 21 heavy (non-hydrogen) atoms. The Kier molecular flexibility index (Phi) is 3.99. The van der Waals surface area contributed by atoms with Gasteiger partial charge in [-0.25, -0.2) is 17.6 Å². The molecule has 0 bridgehead atoms. The molecular weight excluding hydrogens is 296 g/mol. The summed E-state index contributed by atoms with van der Waals surface area (Å²) < 4.78 is 52.1. The van der Waals surface area contributed by atoms with Gasteiger partial charge >= 0.3 is 0 Å². The molecule has 1 aromatic heterocycles. The highest BCUT2D eigenvalue weighted by atomic mass is 19.3. The molecule has 2 heterocycles.